The van der Waals surface area contributed by atoms with Gasteiger partial charge in [0.05, 0.1) is 23.6 Å². The number of hydrogen-bond donors (Lipinski definition) is 0. The van der Waals surface area contributed by atoms with Crippen LogP contribution in [0.3, 0.4) is 0 Å². The third-order valence-electron chi connectivity index (χ3n) is 9.69. The van der Waals surface area contributed by atoms with Gasteiger partial charge in [-0.25, -0.2) is 12.7 Å². The van der Waals surface area contributed by atoms with Crippen LogP contribution in [0.25, 0.3) is 11.1 Å². The molecule has 1 amide bonds. The fourth-order valence-corrected chi connectivity index (χ4v) is 8.99. The number of carbonyl (C=O) groups excluding carboxylic acids is 1. The van der Waals surface area contributed by atoms with E-state index in [1.165, 1.54) is 30.3 Å². The van der Waals surface area contributed by atoms with Crippen LogP contribution in [-0.4, -0.2) is 63.3 Å². The normalized spacial score (nSPS) is 16.4. The summed E-state index contributed by atoms with van der Waals surface area (Å²) < 4.78 is 84.0. The van der Waals surface area contributed by atoms with E-state index in [1.54, 1.807) is 30.9 Å². The maximum Gasteiger partial charge on any atom is 0.393 e. The molecule has 278 valence electrons. The van der Waals surface area contributed by atoms with Crippen molar-refractivity contribution in [3.8, 4) is 11.1 Å². The van der Waals surface area contributed by atoms with E-state index in [0.717, 1.165) is 36.0 Å². The molecule has 0 saturated heterocycles. The summed E-state index contributed by atoms with van der Waals surface area (Å²) in [5, 5.41) is 3.96. The predicted octanol–water partition coefficient (Wildman–Crippen LogP) is 8.81. The molecule has 0 bridgehead atoms. The first-order valence-electron chi connectivity index (χ1n) is 17.7. The summed E-state index contributed by atoms with van der Waals surface area (Å²) in [5.41, 5.74) is 0.886. The van der Waals surface area contributed by atoms with Crippen LogP contribution in [0.15, 0.2) is 56.9 Å². The van der Waals surface area contributed by atoms with Crippen molar-refractivity contribution in [3.05, 3.63) is 64.8 Å². The number of unbranched alkanes of at least 4 members (excludes halogenated alkanes) is 1. The van der Waals surface area contributed by atoms with Crippen LogP contribution >= 0.6 is 0 Å². The Labute approximate surface area is 300 Å². The number of aliphatic imine (C=N–C) groups is 1. The monoisotopic (exact) mass is 746 g/mol. The van der Waals surface area contributed by atoms with Gasteiger partial charge in [0, 0.05) is 32.2 Å². The van der Waals surface area contributed by atoms with E-state index in [9.17, 15) is 26.4 Å². The molecule has 9 nitrogen and oxygen atoms in total. The van der Waals surface area contributed by atoms with Gasteiger partial charge in [-0.1, -0.05) is 87.4 Å². The zero-order valence-corrected chi connectivity index (χ0v) is 32.2. The Kier molecular flexibility index (Phi) is 11.6. The minimum atomic E-state index is -4.59. The quantitative estimate of drug-likeness (QED) is 0.0875. The molecule has 1 saturated carbocycles. The number of carbonyl (C=O) groups is 1. The minimum Gasteiger partial charge on any atom is -0.360 e. The lowest BCUT2D eigenvalue weighted by Gasteiger charge is -2.25. The summed E-state index contributed by atoms with van der Waals surface area (Å²) >= 11 is 0. The fraction of sp³-hybridized carbons (Fsp3) is 0.541. The van der Waals surface area contributed by atoms with Crippen molar-refractivity contribution in [2.75, 3.05) is 17.6 Å². The van der Waals surface area contributed by atoms with Gasteiger partial charge in [-0.2, -0.15) is 13.2 Å². The lowest BCUT2D eigenvalue weighted by Crippen LogP contribution is -2.40. The van der Waals surface area contributed by atoms with E-state index in [2.05, 4.69) is 31.7 Å². The van der Waals surface area contributed by atoms with Crippen molar-refractivity contribution >= 4 is 35.7 Å². The van der Waals surface area contributed by atoms with Crippen LogP contribution in [0.2, 0.25) is 25.7 Å². The first-order chi connectivity index (χ1) is 24.0. The van der Waals surface area contributed by atoms with E-state index in [-0.39, 0.29) is 46.7 Å². The Bertz CT molecular complexity index is 1860. The number of amides is 1. The summed E-state index contributed by atoms with van der Waals surface area (Å²) in [7, 11) is -5.94. The standard InChI is InChI=1S/C37H49F3N4O5SSi/c1-7-8-15-33-41-36(18-11-12-19-36)35(45)43(33)24-28-16-17-30(29(22-28)23-37(38,39)40)31-13-9-10-14-32(31)50(46,47)44(25-48-20-21-51(4,5)6)34-26(2)27(3)42-49-34/h9-10,13-14,16-17,22H,7-8,11-12,15,18-21,23-25H2,1-6H3. The van der Waals surface area contributed by atoms with Gasteiger partial charge < -0.3 is 9.26 Å². The smallest absolute Gasteiger partial charge is 0.360 e. The molecule has 0 radical (unpaired) electrons. The second kappa shape index (κ2) is 15.2. The molecular formula is C37H49F3N4O5SSi. The summed E-state index contributed by atoms with van der Waals surface area (Å²) in [6.45, 7) is 12.0. The van der Waals surface area contributed by atoms with E-state index in [1.807, 2.05) is 0 Å². The minimum absolute atomic E-state index is 0.0166. The molecule has 51 heavy (non-hydrogen) atoms. The number of hydrogen-bond acceptors (Lipinski definition) is 7. The van der Waals surface area contributed by atoms with E-state index in [4.69, 9.17) is 14.3 Å². The zero-order valence-electron chi connectivity index (χ0n) is 30.4. The van der Waals surface area contributed by atoms with Crippen molar-refractivity contribution in [2.24, 2.45) is 4.99 Å². The number of anilines is 1. The molecule has 1 fully saturated rings. The number of ether oxygens (including phenoxy) is 1. The number of sulfonamides is 1. The first kappa shape index (κ1) is 38.7. The van der Waals surface area contributed by atoms with Crippen molar-refractivity contribution < 1.29 is 35.6 Å². The molecule has 2 heterocycles. The molecule has 2 aliphatic rings. The molecule has 0 unspecified atom stereocenters. The van der Waals surface area contributed by atoms with Crippen molar-refractivity contribution in [3.63, 3.8) is 0 Å². The predicted molar refractivity (Wildman–Crippen MR) is 195 cm³/mol. The molecular weight excluding hydrogens is 698 g/mol. The fourth-order valence-electron chi connectivity index (χ4n) is 6.68. The molecule has 5 rings (SSSR count). The molecule has 0 atom stereocenters. The third kappa shape index (κ3) is 8.77. The van der Waals surface area contributed by atoms with E-state index >= 15 is 0 Å². The summed E-state index contributed by atoms with van der Waals surface area (Å²) in [4.78, 5) is 20.1. The van der Waals surface area contributed by atoms with Crippen molar-refractivity contribution in [2.45, 2.75) is 121 Å². The molecule has 1 aromatic heterocycles. The van der Waals surface area contributed by atoms with E-state index < -0.39 is 36.2 Å². The maximum absolute atomic E-state index is 14.5. The van der Waals surface area contributed by atoms with Crippen LogP contribution in [0.4, 0.5) is 19.1 Å². The number of alkyl halides is 3. The second-order valence-electron chi connectivity index (χ2n) is 14.9. The number of benzene rings is 2. The van der Waals surface area contributed by atoms with Crippen molar-refractivity contribution in [1.82, 2.24) is 10.1 Å². The molecule has 14 heteroatoms. The lowest BCUT2D eigenvalue weighted by atomic mass is 9.94. The van der Waals surface area contributed by atoms with Gasteiger partial charge in [-0.05, 0) is 61.9 Å². The molecule has 0 N–H and O–H groups in total. The summed E-state index contributed by atoms with van der Waals surface area (Å²) in [6.07, 6.45) is -0.327. The molecule has 1 spiro atoms. The lowest BCUT2D eigenvalue weighted by molar-refractivity contribution is -0.131. The van der Waals surface area contributed by atoms with Gasteiger partial charge in [0.25, 0.3) is 15.9 Å². The maximum atomic E-state index is 14.5. The number of nitrogens with zero attached hydrogens (tertiary/aromatic N) is 4. The highest BCUT2D eigenvalue weighted by molar-refractivity contribution is 7.93. The third-order valence-corrected chi connectivity index (χ3v) is 13.2. The number of halogens is 3. The van der Waals surface area contributed by atoms with Gasteiger partial charge in [0.2, 0.25) is 5.88 Å². The van der Waals surface area contributed by atoms with Gasteiger partial charge in [0.1, 0.15) is 18.1 Å². The van der Waals surface area contributed by atoms with Crippen LogP contribution in [0.1, 0.15) is 74.3 Å². The van der Waals surface area contributed by atoms with Gasteiger partial charge in [-0.3, -0.25) is 14.7 Å². The van der Waals surface area contributed by atoms with Crippen molar-refractivity contribution in [1.29, 1.82) is 0 Å². The highest BCUT2D eigenvalue weighted by Crippen LogP contribution is 2.41. The SMILES string of the molecule is CCCCC1=NC2(CCCC2)C(=O)N1Cc1ccc(-c2ccccc2S(=O)(=O)N(COCC[Si](C)(C)C)c2onc(C)c2C)c(CC(F)(F)F)c1. The van der Waals surface area contributed by atoms with Crippen LogP contribution in [0, 0.1) is 13.8 Å². The second-order valence-corrected chi connectivity index (χ2v) is 22.4. The highest BCUT2D eigenvalue weighted by atomic mass is 32.2. The van der Waals surface area contributed by atoms with Crippen LogP contribution in [0.5, 0.6) is 0 Å². The Morgan fingerprint density at radius 3 is 2.39 bits per heavy atom. The average Bonchev–Trinajstić information content (AvgIpc) is 3.73. The number of rotatable bonds is 15. The molecule has 1 aliphatic carbocycles. The van der Waals surface area contributed by atoms with Gasteiger partial charge in [-0.15, -0.1) is 0 Å². The summed E-state index contributed by atoms with van der Waals surface area (Å²) in [6, 6.07) is 11.5. The number of amidine groups is 1. The molecule has 1 aliphatic heterocycles. The zero-order chi connectivity index (χ0) is 37.2. The summed E-state index contributed by atoms with van der Waals surface area (Å²) in [5.74, 6) is 0.581. The molecule has 2 aromatic carbocycles. The Hall–Kier alpha value is -3.49. The number of aromatic nitrogens is 1. The topological polar surface area (TPSA) is 105 Å². The Morgan fingerprint density at radius 1 is 1.06 bits per heavy atom. The van der Waals surface area contributed by atoms with Gasteiger partial charge in [0.15, 0.2) is 0 Å². The number of aryl methyl sites for hydroxylation is 1. The Balaban J connectivity index is 1.54. The van der Waals surface area contributed by atoms with Crippen LogP contribution < -0.4 is 4.31 Å². The first-order valence-corrected chi connectivity index (χ1v) is 22.8. The van der Waals surface area contributed by atoms with Crippen LogP contribution in [-0.2, 0) is 32.5 Å². The van der Waals surface area contributed by atoms with Gasteiger partial charge >= 0.3 is 6.18 Å². The van der Waals surface area contributed by atoms with E-state index in [0.29, 0.717) is 48.5 Å². The molecule has 3 aromatic rings. The largest absolute Gasteiger partial charge is 0.393 e. The average molecular weight is 747 g/mol. The highest BCUT2D eigenvalue weighted by Gasteiger charge is 2.49. The Morgan fingerprint density at radius 2 is 1.76 bits per heavy atom.